The molecule has 1 fully saturated rings. The van der Waals surface area contributed by atoms with E-state index in [9.17, 15) is 13.2 Å². The molecule has 7 heteroatoms. The largest absolute Gasteiger partial charge is 0.435 e. The van der Waals surface area contributed by atoms with Crippen LogP contribution in [0.1, 0.15) is 60.7 Å². The van der Waals surface area contributed by atoms with Crippen molar-refractivity contribution < 1.29 is 13.2 Å². The number of hydrogen-bond donors (Lipinski definition) is 0. The van der Waals surface area contributed by atoms with Crippen LogP contribution in [-0.2, 0) is 12.7 Å². The monoisotopic (exact) mass is 482 g/mol. The third kappa shape index (κ3) is 4.46. The molecule has 0 saturated heterocycles. The van der Waals surface area contributed by atoms with Crippen molar-refractivity contribution in [3.05, 3.63) is 64.5 Å². The summed E-state index contributed by atoms with van der Waals surface area (Å²) in [7, 11) is 0. The van der Waals surface area contributed by atoms with Crippen molar-refractivity contribution in [1.82, 2.24) is 18.9 Å². The molecule has 0 atom stereocenters. The van der Waals surface area contributed by atoms with E-state index < -0.39 is 11.9 Å². The third-order valence-corrected chi connectivity index (χ3v) is 7.11. The number of hydrogen-bond acceptors (Lipinski definition) is 2. The van der Waals surface area contributed by atoms with Gasteiger partial charge in [-0.3, -0.25) is 13.9 Å². The van der Waals surface area contributed by atoms with E-state index in [4.69, 9.17) is 0 Å². The van der Waals surface area contributed by atoms with Crippen LogP contribution >= 0.6 is 0 Å². The maximum atomic E-state index is 14.4. The van der Waals surface area contributed by atoms with Gasteiger partial charge >= 0.3 is 6.18 Å². The van der Waals surface area contributed by atoms with E-state index in [1.165, 1.54) is 12.8 Å². The Hall–Kier alpha value is -2.80. The highest BCUT2D eigenvalue weighted by Gasteiger charge is 2.40. The summed E-state index contributed by atoms with van der Waals surface area (Å²) in [4.78, 5) is 6.47. The van der Waals surface area contributed by atoms with Crippen molar-refractivity contribution in [3.63, 3.8) is 0 Å². The van der Waals surface area contributed by atoms with Crippen LogP contribution in [-0.4, -0.2) is 31.9 Å². The molecule has 0 aliphatic heterocycles. The molecule has 2 heterocycles. The molecule has 0 N–H and O–H groups in total. The number of rotatable bonds is 8. The molecule has 0 radical (unpaired) electrons. The molecule has 4 aromatic rings. The van der Waals surface area contributed by atoms with Gasteiger partial charge in [0.25, 0.3) is 0 Å². The Morgan fingerprint density at radius 1 is 1.00 bits per heavy atom. The smallest absolute Gasteiger partial charge is 0.298 e. The molecule has 4 nitrogen and oxygen atoms in total. The van der Waals surface area contributed by atoms with E-state index in [2.05, 4.69) is 28.9 Å². The summed E-state index contributed by atoms with van der Waals surface area (Å²) in [6.45, 7) is 9.95. The number of para-hydroxylation sites is 2. The first-order chi connectivity index (χ1) is 16.7. The molecule has 1 saturated carbocycles. The van der Waals surface area contributed by atoms with Gasteiger partial charge in [-0.25, -0.2) is 4.98 Å². The summed E-state index contributed by atoms with van der Waals surface area (Å²) < 4.78 is 46.8. The minimum absolute atomic E-state index is 0.231. The summed E-state index contributed by atoms with van der Waals surface area (Å²) in [5.41, 5.74) is 5.12. The molecule has 0 spiro atoms. The van der Waals surface area contributed by atoms with Crippen molar-refractivity contribution in [1.29, 1.82) is 0 Å². The Kier molecular flexibility index (Phi) is 6.16. The van der Waals surface area contributed by atoms with Crippen LogP contribution in [0.2, 0.25) is 0 Å². The molecule has 0 bridgehead atoms. The van der Waals surface area contributed by atoms with Crippen LogP contribution in [0.5, 0.6) is 0 Å². The molecular weight excluding hydrogens is 449 g/mol. The Balaban J connectivity index is 1.75. The fourth-order valence-electron chi connectivity index (χ4n) is 5.48. The minimum atomic E-state index is -4.53. The fourth-order valence-corrected chi connectivity index (χ4v) is 5.48. The Morgan fingerprint density at radius 2 is 1.66 bits per heavy atom. The van der Waals surface area contributed by atoms with Gasteiger partial charge in [-0.15, -0.1) is 0 Å². The summed E-state index contributed by atoms with van der Waals surface area (Å²) in [5, 5.41) is 0. The van der Waals surface area contributed by atoms with E-state index in [1.807, 2.05) is 49.6 Å². The zero-order chi connectivity index (χ0) is 24.9. The second-order valence-electron chi connectivity index (χ2n) is 10.1. The number of nitrogens with zero attached hydrogens (tertiary/aromatic N) is 4. The second kappa shape index (κ2) is 9.01. The van der Waals surface area contributed by atoms with Crippen molar-refractivity contribution in [2.24, 2.45) is 5.92 Å². The molecule has 2 aromatic carbocycles. The van der Waals surface area contributed by atoms with Crippen LogP contribution in [0.15, 0.2) is 36.4 Å². The number of aromatic nitrogens is 3. The van der Waals surface area contributed by atoms with E-state index in [0.29, 0.717) is 5.78 Å². The molecule has 2 aromatic heterocycles. The van der Waals surface area contributed by atoms with Gasteiger partial charge in [0.2, 0.25) is 5.78 Å². The van der Waals surface area contributed by atoms with E-state index in [1.54, 1.807) is 4.40 Å². The lowest BCUT2D eigenvalue weighted by molar-refractivity contribution is -0.141. The molecule has 0 unspecified atom stereocenters. The van der Waals surface area contributed by atoms with Crippen molar-refractivity contribution in [3.8, 4) is 5.69 Å². The number of fused-ring (bicyclic) bond motifs is 3. The molecule has 35 heavy (non-hydrogen) atoms. The van der Waals surface area contributed by atoms with Crippen molar-refractivity contribution in [2.45, 2.75) is 66.1 Å². The highest BCUT2D eigenvalue weighted by atomic mass is 19.4. The lowest BCUT2D eigenvalue weighted by atomic mass is 10.0. The Morgan fingerprint density at radius 3 is 2.26 bits per heavy atom. The van der Waals surface area contributed by atoms with Crippen molar-refractivity contribution in [2.75, 3.05) is 13.1 Å². The minimum Gasteiger partial charge on any atom is -0.298 e. The van der Waals surface area contributed by atoms with E-state index >= 15 is 0 Å². The molecular formula is C28H33F3N4. The van der Waals surface area contributed by atoms with Gasteiger partial charge < -0.3 is 0 Å². The fraction of sp³-hybridized carbons (Fsp3) is 0.464. The highest BCUT2D eigenvalue weighted by Crippen LogP contribution is 2.38. The Labute approximate surface area is 204 Å². The normalized spacial score (nSPS) is 14.6. The van der Waals surface area contributed by atoms with Crippen LogP contribution in [0.3, 0.4) is 0 Å². The van der Waals surface area contributed by atoms with E-state index in [0.717, 1.165) is 65.3 Å². The average molecular weight is 483 g/mol. The quantitative estimate of drug-likeness (QED) is 0.265. The number of aryl methyl sites for hydroxylation is 3. The topological polar surface area (TPSA) is 25.5 Å². The van der Waals surface area contributed by atoms with Gasteiger partial charge in [0.15, 0.2) is 5.69 Å². The highest BCUT2D eigenvalue weighted by molar-refractivity contribution is 5.85. The number of halogens is 3. The zero-order valence-electron chi connectivity index (χ0n) is 20.9. The SMILES string of the molecule is CCCN(CCC1CC1)Cc1c(C(F)(F)F)nc2n(-c3c(C)cc(C)cc3C)c3ccccc3n12. The molecule has 1 aliphatic carbocycles. The first-order valence-electron chi connectivity index (χ1n) is 12.6. The van der Waals surface area contributed by atoms with Gasteiger partial charge in [-0.05, 0) is 75.9 Å². The second-order valence-corrected chi connectivity index (χ2v) is 10.1. The average Bonchev–Trinajstić information content (AvgIpc) is 3.46. The lowest BCUT2D eigenvalue weighted by Crippen LogP contribution is -2.27. The summed E-state index contributed by atoms with van der Waals surface area (Å²) in [6, 6.07) is 11.8. The summed E-state index contributed by atoms with van der Waals surface area (Å²) >= 11 is 0. The van der Waals surface area contributed by atoms with Gasteiger partial charge in [0.05, 0.1) is 22.4 Å². The van der Waals surface area contributed by atoms with Crippen molar-refractivity contribution >= 4 is 16.8 Å². The first-order valence-corrected chi connectivity index (χ1v) is 12.6. The maximum Gasteiger partial charge on any atom is 0.435 e. The number of imidazole rings is 2. The molecule has 0 amide bonds. The standard InChI is InChI=1S/C28H33F3N4/c1-5-13-33(14-12-21-10-11-21)17-24-26(28(29,30)31)32-27-34(24)22-8-6-7-9-23(22)35(27)25-19(3)15-18(2)16-20(25)4/h6-9,15-16,21H,5,10-14,17H2,1-4H3. The van der Waals surface area contributed by atoms with Crippen LogP contribution in [0.25, 0.3) is 22.5 Å². The van der Waals surface area contributed by atoms with Gasteiger partial charge in [0, 0.05) is 6.54 Å². The van der Waals surface area contributed by atoms with Gasteiger partial charge in [-0.2, -0.15) is 13.2 Å². The molecule has 186 valence electrons. The zero-order valence-corrected chi connectivity index (χ0v) is 20.9. The Bertz CT molecular complexity index is 1350. The number of benzene rings is 2. The van der Waals surface area contributed by atoms with Gasteiger partial charge in [-0.1, -0.05) is 49.6 Å². The van der Waals surface area contributed by atoms with Gasteiger partial charge in [0.1, 0.15) is 0 Å². The van der Waals surface area contributed by atoms with Crippen LogP contribution in [0.4, 0.5) is 13.2 Å². The third-order valence-electron chi connectivity index (χ3n) is 7.11. The summed E-state index contributed by atoms with van der Waals surface area (Å²) in [6.07, 6.45) is -0.0931. The predicted octanol–water partition coefficient (Wildman–Crippen LogP) is 7.23. The molecule has 5 rings (SSSR count). The van der Waals surface area contributed by atoms with Crippen LogP contribution < -0.4 is 0 Å². The first kappa shape index (κ1) is 23.9. The summed E-state index contributed by atoms with van der Waals surface area (Å²) in [5.74, 6) is 1.05. The number of alkyl halides is 3. The van der Waals surface area contributed by atoms with Crippen LogP contribution in [0, 0.1) is 26.7 Å². The molecule has 1 aliphatic rings. The van der Waals surface area contributed by atoms with E-state index in [-0.39, 0.29) is 12.2 Å². The lowest BCUT2D eigenvalue weighted by Gasteiger charge is -2.22. The maximum absolute atomic E-state index is 14.4. The predicted molar refractivity (Wildman–Crippen MR) is 134 cm³/mol.